The van der Waals surface area contributed by atoms with E-state index in [9.17, 15) is 18.7 Å². The van der Waals surface area contributed by atoms with Gasteiger partial charge in [-0.1, -0.05) is 116 Å². The molecule has 0 heterocycles. The molecule has 0 spiro atoms. The Morgan fingerprint density at radius 3 is 0.639 bits per heavy atom. The van der Waals surface area contributed by atoms with Gasteiger partial charge in [-0.05, 0) is 12.8 Å². The van der Waals surface area contributed by atoms with Crippen molar-refractivity contribution in [2.45, 2.75) is 141 Å². The molecule has 4 N–H and O–H groups in total. The molecule has 36 heavy (non-hydrogen) atoms. The van der Waals surface area contributed by atoms with Gasteiger partial charge in [0.2, 0.25) is 11.0 Å². The van der Waals surface area contributed by atoms with E-state index in [1.807, 2.05) is 0 Å². The van der Waals surface area contributed by atoms with Crippen LogP contribution in [0.3, 0.4) is 0 Å². The molecule has 0 unspecified atom stereocenters. The second-order valence-corrected chi connectivity index (χ2v) is 12.6. The molecule has 0 radical (unpaired) electrons. The van der Waals surface area contributed by atoms with Crippen molar-refractivity contribution in [1.82, 2.24) is 0 Å². The first kappa shape index (κ1) is 42.1. The third-order valence-electron chi connectivity index (χ3n) is 6.18. The summed E-state index contributed by atoms with van der Waals surface area (Å²) in [5.41, 5.74) is -1.87. The Hall–Kier alpha value is 1.64. The fraction of sp³-hybridized carbons (Fsp3) is 0.917. The zero-order valence-corrected chi connectivity index (χ0v) is 22.7. The van der Waals surface area contributed by atoms with Gasteiger partial charge < -0.3 is 19.6 Å². The van der Waals surface area contributed by atoms with Gasteiger partial charge in [0.15, 0.2) is 0 Å². The molecule has 0 aromatic heterocycles. The van der Waals surface area contributed by atoms with Crippen molar-refractivity contribution >= 4 is 85.4 Å². The predicted octanol–water partition coefficient (Wildman–Crippen LogP) is 5.68. The number of hydrogen-bond acceptors (Lipinski definition) is 4. The quantitative estimate of drug-likeness (QED) is 0.0618. The third-order valence-corrected chi connectivity index (χ3v) is 7.93. The van der Waals surface area contributed by atoms with Gasteiger partial charge in [0, 0.05) is 12.8 Å². The van der Waals surface area contributed by atoms with Gasteiger partial charge in [0.25, 0.3) is 0 Å². The van der Waals surface area contributed by atoms with Crippen molar-refractivity contribution < 1.29 is 38.3 Å². The van der Waals surface area contributed by atoms with Crippen molar-refractivity contribution in [3.63, 3.8) is 0 Å². The van der Waals surface area contributed by atoms with E-state index >= 15 is 0 Å². The molecule has 0 amide bonds. The van der Waals surface area contributed by atoms with Crippen LogP contribution >= 0.6 is 15.2 Å². The van der Waals surface area contributed by atoms with Crippen molar-refractivity contribution in [2.75, 3.05) is 0 Å². The number of carbonyl (C=O) groups excluding carboxylic acids is 2. The molecule has 0 aliphatic heterocycles. The van der Waals surface area contributed by atoms with Gasteiger partial charge in [-0.3, -0.25) is 18.7 Å². The van der Waals surface area contributed by atoms with Crippen LogP contribution in [0.5, 0.6) is 0 Å². The molecule has 0 rings (SSSR count). The summed E-state index contributed by atoms with van der Waals surface area (Å²) in [7, 11) is -9.05. The third kappa shape index (κ3) is 28.6. The van der Waals surface area contributed by atoms with Gasteiger partial charge in [-0.25, -0.2) is 0 Å². The topological polar surface area (TPSA) is 149 Å². The zero-order chi connectivity index (χ0) is 25.7. The summed E-state index contributed by atoms with van der Waals surface area (Å²) in [5, 5.41) is 0. The Balaban J connectivity index is -0.00000544. The summed E-state index contributed by atoms with van der Waals surface area (Å²) in [6, 6.07) is 0. The van der Waals surface area contributed by atoms with E-state index in [1.54, 1.807) is 0 Å². The van der Waals surface area contributed by atoms with Crippen molar-refractivity contribution in [3.8, 4) is 0 Å². The maximum absolute atomic E-state index is 11.1. The van der Waals surface area contributed by atoms with E-state index in [0.29, 0.717) is 12.8 Å². The first-order valence-corrected chi connectivity index (χ1v) is 16.5. The van der Waals surface area contributed by atoms with Crippen LogP contribution in [0, 0.1) is 0 Å². The Morgan fingerprint density at radius 1 is 0.361 bits per heavy atom. The molecular formula is C24H50Na2O8P2. The van der Waals surface area contributed by atoms with Crippen LogP contribution < -0.4 is 0 Å². The molecule has 0 aliphatic rings. The van der Waals surface area contributed by atoms with Crippen molar-refractivity contribution in [3.05, 3.63) is 0 Å². The Morgan fingerprint density at radius 2 is 0.500 bits per heavy atom. The Labute approximate surface area is 262 Å². The molecule has 0 aliphatic carbocycles. The van der Waals surface area contributed by atoms with E-state index < -0.39 is 26.2 Å². The molecule has 0 fully saturated rings. The summed E-state index contributed by atoms with van der Waals surface area (Å²) < 4.78 is 21.5. The molecule has 0 bridgehead atoms. The minimum atomic E-state index is -4.52. The number of hydrogen-bond donors (Lipinski definition) is 4. The second kappa shape index (κ2) is 26.8. The fourth-order valence-electron chi connectivity index (χ4n) is 4.03. The van der Waals surface area contributed by atoms with Crippen molar-refractivity contribution in [2.24, 2.45) is 0 Å². The molecule has 12 heteroatoms. The first-order chi connectivity index (χ1) is 16.0. The zero-order valence-electron chi connectivity index (χ0n) is 20.9. The van der Waals surface area contributed by atoms with Gasteiger partial charge in [0.1, 0.15) is 0 Å². The SMILES string of the molecule is O=C(CCCCCCCCCCCCCCCCCCCCCCC(=O)P(=O)(O)O)P(=O)(O)O.[NaH].[NaH]. The fourth-order valence-corrected chi connectivity index (χ4v) is 4.92. The summed E-state index contributed by atoms with van der Waals surface area (Å²) in [4.78, 5) is 57.1. The molecule has 0 aromatic carbocycles. The van der Waals surface area contributed by atoms with E-state index in [1.165, 1.54) is 77.0 Å². The number of rotatable bonds is 25. The van der Waals surface area contributed by atoms with Crippen LogP contribution in [-0.2, 0) is 18.7 Å². The second-order valence-electron chi connectivity index (χ2n) is 9.45. The molecule has 0 saturated heterocycles. The van der Waals surface area contributed by atoms with Crippen molar-refractivity contribution in [1.29, 1.82) is 0 Å². The molecule has 8 nitrogen and oxygen atoms in total. The minimum absolute atomic E-state index is 0. The average Bonchev–Trinajstić information content (AvgIpc) is 2.75. The van der Waals surface area contributed by atoms with Crippen LogP contribution in [0.2, 0.25) is 0 Å². The molecule has 0 aromatic rings. The van der Waals surface area contributed by atoms with Crippen LogP contribution in [0.15, 0.2) is 0 Å². The normalized spacial score (nSPS) is 11.6. The molecule has 0 atom stereocenters. The standard InChI is InChI=1S/C24H48O8P2.2Na.2H/c25-23(33(27,28)29)21-19-17-15-13-11-9-7-5-3-1-2-4-6-8-10-12-14-16-18-20-22-24(26)34(30,31)32;;;;/h1-22H2,(H2,27,28,29)(H2,30,31,32);;;;. The average molecular weight is 575 g/mol. The van der Waals surface area contributed by atoms with Gasteiger partial charge in [-0.15, -0.1) is 0 Å². The van der Waals surface area contributed by atoms with Gasteiger partial charge in [0.05, 0.1) is 0 Å². The van der Waals surface area contributed by atoms with E-state index in [0.717, 1.165) is 38.5 Å². The summed E-state index contributed by atoms with van der Waals surface area (Å²) in [6.07, 6.45) is 22.3. The number of unbranched alkanes of at least 4 members (excludes halogenated alkanes) is 19. The predicted molar refractivity (Wildman–Crippen MR) is 150 cm³/mol. The summed E-state index contributed by atoms with van der Waals surface area (Å²) in [5.74, 6) is 0. The van der Waals surface area contributed by atoms with Crippen LogP contribution in [0.1, 0.15) is 141 Å². The van der Waals surface area contributed by atoms with Crippen LogP contribution in [0.4, 0.5) is 0 Å². The molecule has 0 saturated carbocycles. The Kier molecular flexibility index (Phi) is 31.4. The van der Waals surface area contributed by atoms with Crippen LogP contribution in [0.25, 0.3) is 0 Å². The molecule has 206 valence electrons. The van der Waals surface area contributed by atoms with Crippen LogP contribution in [-0.4, -0.2) is 89.7 Å². The van der Waals surface area contributed by atoms with Gasteiger partial charge >= 0.3 is 74.3 Å². The first-order valence-electron chi connectivity index (χ1n) is 13.2. The monoisotopic (exact) mass is 574 g/mol. The maximum atomic E-state index is 11.1. The van der Waals surface area contributed by atoms with Gasteiger partial charge in [-0.2, -0.15) is 0 Å². The summed E-state index contributed by atoms with van der Waals surface area (Å²) in [6.45, 7) is 0. The van der Waals surface area contributed by atoms with E-state index in [-0.39, 0.29) is 72.0 Å². The Bertz CT molecular complexity index is 584. The summed E-state index contributed by atoms with van der Waals surface area (Å²) >= 11 is 0. The van der Waals surface area contributed by atoms with E-state index in [4.69, 9.17) is 19.6 Å². The van der Waals surface area contributed by atoms with E-state index in [2.05, 4.69) is 0 Å². The number of carbonyl (C=O) groups is 2. The molecular weight excluding hydrogens is 524 g/mol.